The average Bonchev–Trinajstić information content (AvgIpc) is 2.74. The molecule has 0 aliphatic heterocycles. The Hall–Kier alpha value is -1.44. The Morgan fingerprint density at radius 1 is 1.20 bits per heavy atom. The lowest BCUT2D eigenvalue weighted by Crippen LogP contribution is -2.41. The van der Waals surface area contributed by atoms with E-state index in [1.54, 1.807) is 0 Å². The van der Waals surface area contributed by atoms with Gasteiger partial charge in [0, 0.05) is 5.41 Å². The molecule has 4 rings (SSSR count). The summed E-state index contributed by atoms with van der Waals surface area (Å²) in [6, 6.07) is 5.91. The van der Waals surface area contributed by atoms with Gasteiger partial charge in [-0.25, -0.2) is 0 Å². The third-order valence-corrected chi connectivity index (χ3v) is 6.25. The average molecular weight is 270 g/mol. The topological polar surface area (TPSA) is 40.5 Å². The third kappa shape index (κ3) is 1.51. The van der Waals surface area contributed by atoms with Crippen molar-refractivity contribution in [2.24, 2.45) is 17.3 Å². The van der Waals surface area contributed by atoms with Crippen LogP contribution in [0.15, 0.2) is 30.0 Å². The van der Waals surface area contributed by atoms with Crippen molar-refractivity contribution in [3.63, 3.8) is 0 Å². The van der Waals surface area contributed by atoms with Crippen molar-refractivity contribution in [2.75, 3.05) is 0 Å². The van der Waals surface area contributed by atoms with E-state index in [4.69, 9.17) is 0 Å². The van der Waals surface area contributed by atoms with Crippen LogP contribution in [0.5, 0.6) is 5.75 Å². The molecule has 0 amide bonds. The first-order chi connectivity index (χ1) is 9.59. The summed E-state index contributed by atoms with van der Waals surface area (Å²) in [5.41, 5.74) is 2.81. The van der Waals surface area contributed by atoms with E-state index in [1.807, 2.05) is 12.1 Å². The van der Waals surface area contributed by atoms with Gasteiger partial charge in [0.05, 0.1) is 5.76 Å². The second-order valence-corrected chi connectivity index (χ2v) is 7.08. The third-order valence-electron chi connectivity index (χ3n) is 6.25. The second-order valence-electron chi connectivity index (χ2n) is 7.08. The Kier molecular flexibility index (Phi) is 2.48. The van der Waals surface area contributed by atoms with Crippen LogP contribution < -0.4 is 0 Å². The van der Waals surface area contributed by atoms with Crippen LogP contribution in [-0.4, -0.2) is 10.2 Å². The molecule has 0 heterocycles. The molecule has 1 saturated carbocycles. The van der Waals surface area contributed by atoms with E-state index in [0.717, 1.165) is 25.7 Å². The number of aromatic hydroxyl groups is 1. The number of benzene rings is 1. The summed E-state index contributed by atoms with van der Waals surface area (Å²) in [4.78, 5) is 0. The summed E-state index contributed by atoms with van der Waals surface area (Å²) < 4.78 is 0. The first-order valence-corrected chi connectivity index (χ1v) is 7.81. The highest BCUT2D eigenvalue weighted by Crippen LogP contribution is 2.60. The molecule has 0 aromatic heterocycles. The number of aryl methyl sites for hydroxylation is 1. The van der Waals surface area contributed by atoms with E-state index in [-0.39, 0.29) is 5.41 Å². The van der Waals surface area contributed by atoms with Gasteiger partial charge < -0.3 is 10.2 Å². The Labute approximate surface area is 120 Å². The van der Waals surface area contributed by atoms with Crippen molar-refractivity contribution in [1.29, 1.82) is 0 Å². The highest BCUT2D eigenvalue weighted by atomic mass is 16.3. The van der Waals surface area contributed by atoms with Gasteiger partial charge in [-0.05, 0) is 79.2 Å². The monoisotopic (exact) mass is 270 g/mol. The van der Waals surface area contributed by atoms with Crippen molar-refractivity contribution in [3.05, 3.63) is 41.2 Å². The molecule has 3 aliphatic rings. The van der Waals surface area contributed by atoms with Gasteiger partial charge >= 0.3 is 0 Å². The van der Waals surface area contributed by atoms with Crippen molar-refractivity contribution < 1.29 is 10.2 Å². The lowest BCUT2D eigenvalue weighted by Gasteiger charge is -2.49. The van der Waals surface area contributed by atoms with Crippen molar-refractivity contribution in [2.45, 2.75) is 44.9 Å². The van der Waals surface area contributed by atoms with Crippen LogP contribution in [0.2, 0.25) is 0 Å². The molecule has 1 fully saturated rings. The molecule has 0 saturated heterocycles. The van der Waals surface area contributed by atoms with Crippen molar-refractivity contribution >= 4 is 0 Å². The number of hydrogen-bond acceptors (Lipinski definition) is 2. The van der Waals surface area contributed by atoms with E-state index >= 15 is 0 Å². The molecular weight excluding hydrogens is 248 g/mol. The molecule has 106 valence electrons. The fourth-order valence-corrected chi connectivity index (χ4v) is 5.11. The lowest BCUT2D eigenvalue weighted by molar-refractivity contribution is 0.0477. The first-order valence-electron chi connectivity index (χ1n) is 7.81. The van der Waals surface area contributed by atoms with E-state index in [2.05, 4.69) is 19.1 Å². The molecule has 1 aromatic rings. The first kappa shape index (κ1) is 12.3. The van der Waals surface area contributed by atoms with Crippen molar-refractivity contribution in [1.82, 2.24) is 0 Å². The van der Waals surface area contributed by atoms with E-state index in [1.165, 1.54) is 17.5 Å². The number of hydrogen-bond donors (Lipinski definition) is 2. The highest BCUT2D eigenvalue weighted by molar-refractivity contribution is 5.40. The zero-order valence-corrected chi connectivity index (χ0v) is 12.0. The van der Waals surface area contributed by atoms with Gasteiger partial charge in [-0.15, -0.1) is 0 Å². The zero-order chi connectivity index (χ0) is 13.9. The van der Waals surface area contributed by atoms with Crippen LogP contribution in [0.25, 0.3) is 0 Å². The highest BCUT2D eigenvalue weighted by Gasteiger charge is 2.52. The van der Waals surface area contributed by atoms with E-state index in [0.29, 0.717) is 29.3 Å². The number of allylic oxidation sites excluding steroid dienone is 2. The van der Waals surface area contributed by atoms with Crippen molar-refractivity contribution in [3.8, 4) is 5.75 Å². The minimum Gasteiger partial charge on any atom is -0.512 e. The SMILES string of the molecule is C[C@]12CC[C@@H]3c4ccc(O)cc4CC[C@H]3[C@@H]1CC=C2O. The largest absolute Gasteiger partial charge is 0.512 e. The molecule has 0 radical (unpaired) electrons. The Morgan fingerprint density at radius 2 is 2.05 bits per heavy atom. The molecule has 2 N–H and O–H groups in total. The normalized spacial score (nSPS) is 38.6. The van der Waals surface area contributed by atoms with Gasteiger partial charge in [0.2, 0.25) is 0 Å². The number of phenols is 1. The molecule has 0 bridgehead atoms. The van der Waals surface area contributed by atoms with Crippen LogP contribution in [-0.2, 0) is 6.42 Å². The molecule has 0 unspecified atom stereocenters. The van der Waals surface area contributed by atoms with Crippen LogP contribution in [0, 0.1) is 17.3 Å². The number of fused-ring (bicyclic) bond motifs is 5. The summed E-state index contributed by atoms with van der Waals surface area (Å²) >= 11 is 0. The molecule has 3 aliphatic carbocycles. The molecule has 20 heavy (non-hydrogen) atoms. The van der Waals surface area contributed by atoms with E-state index in [9.17, 15) is 10.2 Å². The Balaban J connectivity index is 1.72. The van der Waals surface area contributed by atoms with Crippen LogP contribution in [0.3, 0.4) is 0 Å². The number of aliphatic hydroxyl groups is 1. The lowest BCUT2D eigenvalue weighted by atomic mass is 9.55. The number of phenolic OH excluding ortho intramolecular Hbond substituents is 1. The molecule has 2 heteroatoms. The molecule has 0 spiro atoms. The van der Waals surface area contributed by atoms with Gasteiger partial charge in [-0.1, -0.05) is 13.0 Å². The summed E-state index contributed by atoms with van der Waals surface area (Å²) in [6.07, 6.45) is 7.60. The second kappa shape index (κ2) is 4.03. The van der Waals surface area contributed by atoms with Crippen LogP contribution in [0.1, 0.15) is 49.7 Å². The smallest absolute Gasteiger partial charge is 0.115 e. The molecular formula is C18H22O2. The maximum atomic E-state index is 10.2. The Morgan fingerprint density at radius 3 is 2.90 bits per heavy atom. The predicted octanol–water partition coefficient (Wildman–Crippen LogP) is 4.30. The quantitative estimate of drug-likeness (QED) is 0.738. The van der Waals surface area contributed by atoms with Crippen LogP contribution >= 0.6 is 0 Å². The summed E-state index contributed by atoms with van der Waals surface area (Å²) in [5.74, 6) is 2.94. The van der Waals surface area contributed by atoms with E-state index < -0.39 is 0 Å². The summed E-state index contributed by atoms with van der Waals surface area (Å²) in [7, 11) is 0. The fourth-order valence-electron chi connectivity index (χ4n) is 5.11. The van der Waals surface area contributed by atoms with Crippen LogP contribution in [0.4, 0.5) is 0 Å². The summed E-state index contributed by atoms with van der Waals surface area (Å²) in [6.45, 7) is 2.25. The zero-order valence-electron chi connectivity index (χ0n) is 12.0. The Bertz CT molecular complexity index is 589. The standard InChI is InChI=1S/C18H22O2/c1-18-9-8-14-13-5-3-12(19)10-11(13)2-4-15(14)16(18)6-7-17(18)20/h3,5,7,10,14-16,19-20H,2,4,6,8-9H2,1H3/t14-,15-,16+,18+/m1/s1. The van der Waals surface area contributed by atoms with Gasteiger partial charge in [0.15, 0.2) is 0 Å². The van der Waals surface area contributed by atoms with Gasteiger partial charge in [-0.2, -0.15) is 0 Å². The number of rotatable bonds is 0. The maximum absolute atomic E-state index is 10.2. The maximum Gasteiger partial charge on any atom is 0.115 e. The molecule has 2 nitrogen and oxygen atoms in total. The molecule has 4 atom stereocenters. The van der Waals surface area contributed by atoms with Gasteiger partial charge in [-0.3, -0.25) is 0 Å². The predicted molar refractivity (Wildman–Crippen MR) is 78.8 cm³/mol. The fraction of sp³-hybridized carbons (Fsp3) is 0.556. The minimum absolute atomic E-state index is 0.0234. The number of aliphatic hydroxyl groups excluding tert-OH is 1. The van der Waals surface area contributed by atoms with Gasteiger partial charge in [0.1, 0.15) is 5.75 Å². The van der Waals surface area contributed by atoms with Gasteiger partial charge in [0.25, 0.3) is 0 Å². The molecule has 1 aromatic carbocycles. The summed E-state index contributed by atoms with van der Waals surface area (Å²) in [5, 5.41) is 19.9. The minimum atomic E-state index is 0.0234.